The number of carboxylic acids is 1. The maximum absolute atomic E-state index is 11.1. The van der Waals surface area contributed by atoms with E-state index in [-0.39, 0.29) is 5.91 Å². The highest BCUT2D eigenvalue weighted by Gasteiger charge is 2.12. The van der Waals surface area contributed by atoms with Gasteiger partial charge < -0.3 is 15.2 Å². The molecule has 0 saturated carbocycles. The lowest BCUT2D eigenvalue weighted by Crippen LogP contribution is -2.38. The van der Waals surface area contributed by atoms with E-state index in [2.05, 4.69) is 5.32 Å². The molecule has 2 N–H and O–H groups in total. The van der Waals surface area contributed by atoms with Gasteiger partial charge in [0.25, 0.3) is 0 Å². The SMILES string of the molecule is CCOCCCC(=O)N[C@H](C)C(=O)O. The number of rotatable bonds is 7. The fraction of sp³-hybridized carbons (Fsp3) is 0.778. The summed E-state index contributed by atoms with van der Waals surface area (Å²) in [6, 6.07) is -0.824. The molecule has 0 fully saturated rings. The van der Waals surface area contributed by atoms with E-state index in [1.165, 1.54) is 6.92 Å². The molecule has 0 aromatic rings. The fourth-order valence-corrected chi connectivity index (χ4v) is 0.855. The lowest BCUT2D eigenvalue weighted by Gasteiger charge is -2.08. The van der Waals surface area contributed by atoms with Crippen molar-refractivity contribution in [2.45, 2.75) is 32.7 Å². The van der Waals surface area contributed by atoms with Crippen LogP contribution in [-0.2, 0) is 14.3 Å². The van der Waals surface area contributed by atoms with Gasteiger partial charge in [-0.2, -0.15) is 0 Å². The largest absolute Gasteiger partial charge is 0.480 e. The van der Waals surface area contributed by atoms with Crippen LogP contribution in [0.25, 0.3) is 0 Å². The number of hydrogen-bond acceptors (Lipinski definition) is 3. The summed E-state index contributed by atoms with van der Waals surface area (Å²) in [5.74, 6) is -1.28. The normalized spacial score (nSPS) is 12.1. The minimum Gasteiger partial charge on any atom is -0.480 e. The molecule has 0 radical (unpaired) electrons. The molecule has 5 nitrogen and oxygen atoms in total. The number of nitrogens with one attached hydrogen (secondary N) is 1. The third-order valence-electron chi connectivity index (χ3n) is 1.64. The van der Waals surface area contributed by atoms with Crippen molar-refractivity contribution in [1.29, 1.82) is 0 Å². The van der Waals surface area contributed by atoms with E-state index in [0.29, 0.717) is 26.1 Å². The molecule has 1 amide bonds. The van der Waals surface area contributed by atoms with Crippen LogP contribution in [0.1, 0.15) is 26.7 Å². The van der Waals surface area contributed by atoms with Crippen molar-refractivity contribution in [3.8, 4) is 0 Å². The van der Waals surface area contributed by atoms with Crippen molar-refractivity contribution in [2.75, 3.05) is 13.2 Å². The zero-order chi connectivity index (χ0) is 11.0. The molecular weight excluding hydrogens is 186 g/mol. The Morgan fingerprint density at radius 2 is 2.14 bits per heavy atom. The van der Waals surface area contributed by atoms with Gasteiger partial charge >= 0.3 is 5.97 Å². The first-order valence-electron chi connectivity index (χ1n) is 4.67. The molecule has 0 aromatic heterocycles. The predicted molar refractivity (Wildman–Crippen MR) is 51.0 cm³/mol. The smallest absolute Gasteiger partial charge is 0.325 e. The Kier molecular flexibility index (Phi) is 6.74. The predicted octanol–water partition coefficient (Wildman–Crippen LogP) is 0.392. The summed E-state index contributed by atoms with van der Waals surface area (Å²) in [4.78, 5) is 21.5. The number of hydrogen-bond donors (Lipinski definition) is 2. The molecule has 0 aliphatic carbocycles. The summed E-state index contributed by atoms with van der Waals surface area (Å²) in [7, 11) is 0. The average Bonchev–Trinajstić information content (AvgIpc) is 2.12. The molecule has 82 valence electrons. The lowest BCUT2D eigenvalue weighted by atomic mass is 10.2. The number of carboxylic acid groups (broad SMARTS) is 1. The topological polar surface area (TPSA) is 75.6 Å². The van der Waals surface area contributed by atoms with E-state index >= 15 is 0 Å². The van der Waals surface area contributed by atoms with Gasteiger partial charge in [0, 0.05) is 19.6 Å². The van der Waals surface area contributed by atoms with Crippen molar-refractivity contribution < 1.29 is 19.4 Å². The fourth-order valence-electron chi connectivity index (χ4n) is 0.855. The number of carbonyl (C=O) groups excluding carboxylic acids is 1. The molecule has 0 bridgehead atoms. The van der Waals surface area contributed by atoms with E-state index in [0.717, 1.165) is 0 Å². The van der Waals surface area contributed by atoms with Crippen molar-refractivity contribution in [1.82, 2.24) is 5.32 Å². The van der Waals surface area contributed by atoms with Gasteiger partial charge in [0.15, 0.2) is 0 Å². The molecule has 0 heterocycles. The molecule has 0 aliphatic heterocycles. The summed E-state index contributed by atoms with van der Waals surface area (Å²) < 4.78 is 5.04. The Labute approximate surface area is 83.4 Å². The summed E-state index contributed by atoms with van der Waals surface area (Å²) in [5.41, 5.74) is 0. The van der Waals surface area contributed by atoms with Crippen LogP contribution >= 0.6 is 0 Å². The van der Waals surface area contributed by atoms with Crippen LogP contribution < -0.4 is 5.32 Å². The Balaban J connectivity index is 3.50. The average molecular weight is 203 g/mol. The zero-order valence-electron chi connectivity index (χ0n) is 8.58. The van der Waals surface area contributed by atoms with Crippen LogP contribution in [0.2, 0.25) is 0 Å². The third kappa shape index (κ3) is 6.42. The van der Waals surface area contributed by atoms with Crippen molar-refractivity contribution in [2.24, 2.45) is 0 Å². The van der Waals surface area contributed by atoms with Gasteiger partial charge in [0.2, 0.25) is 5.91 Å². The molecule has 0 saturated heterocycles. The summed E-state index contributed by atoms with van der Waals surface area (Å²) in [6.07, 6.45) is 0.920. The van der Waals surface area contributed by atoms with Crippen LogP contribution in [0, 0.1) is 0 Å². The number of carbonyl (C=O) groups is 2. The Morgan fingerprint density at radius 1 is 1.50 bits per heavy atom. The van der Waals surface area contributed by atoms with Gasteiger partial charge in [-0.05, 0) is 20.3 Å². The van der Waals surface area contributed by atoms with Gasteiger partial charge in [-0.3, -0.25) is 9.59 Å². The van der Waals surface area contributed by atoms with Crippen molar-refractivity contribution in [3.05, 3.63) is 0 Å². The molecule has 0 aromatic carbocycles. The number of ether oxygens (including phenoxy) is 1. The third-order valence-corrected chi connectivity index (χ3v) is 1.64. The summed E-state index contributed by atoms with van der Waals surface area (Å²) in [5, 5.41) is 10.9. The number of aliphatic carboxylic acids is 1. The van der Waals surface area contributed by atoms with E-state index < -0.39 is 12.0 Å². The second-order valence-electron chi connectivity index (χ2n) is 2.93. The highest BCUT2D eigenvalue weighted by Crippen LogP contribution is 1.92. The minimum atomic E-state index is -1.02. The van der Waals surface area contributed by atoms with Gasteiger partial charge in [0.1, 0.15) is 6.04 Å². The minimum absolute atomic E-state index is 0.250. The van der Waals surface area contributed by atoms with E-state index in [1.807, 2.05) is 6.92 Å². The quantitative estimate of drug-likeness (QED) is 0.587. The van der Waals surface area contributed by atoms with Crippen LogP contribution in [0.4, 0.5) is 0 Å². The van der Waals surface area contributed by atoms with Gasteiger partial charge in [-0.25, -0.2) is 0 Å². The zero-order valence-corrected chi connectivity index (χ0v) is 8.58. The molecule has 1 atom stereocenters. The van der Waals surface area contributed by atoms with Gasteiger partial charge in [-0.15, -0.1) is 0 Å². The molecule has 0 unspecified atom stereocenters. The van der Waals surface area contributed by atoms with Crippen LogP contribution in [-0.4, -0.2) is 36.2 Å². The maximum Gasteiger partial charge on any atom is 0.325 e. The standard InChI is InChI=1S/C9H17NO4/c1-3-14-6-4-5-8(11)10-7(2)9(12)13/h7H,3-6H2,1-2H3,(H,10,11)(H,12,13)/t7-/m1/s1. The second-order valence-corrected chi connectivity index (χ2v) is 2.93. The molecule has 14 heavy (non-hydrogen) atoms. The van der Waals surface area contributed by atoms with E-state index in [1.54, 1.807) is 0 Å². The molecule has 0 spiro atoms. The summed E-state index contributed by atoms with van der Waals surface area (Å²) in [6.45, 7) is 4.48. The Bertz CT molecular complexity index is 193. The molecule has 0 rings (SSSR count). The van der Waals surface area contributed by atoms with Gasteiger partial charge in [-0.1, -0.05) is 0 Å². The Hall–Kier alpha value is -1.10. The summed E-state index contributed by atoms with van der Waals surface area (Å²) >= 11 is 0. The highest BCUT2D eigenvalue weighted by molar-refractivity contribution is 5.83. The molecule has 5 heteroatoms. The Morgan fingerprint density at radius 3 is 2.64 bits per heavy atom. The van der Waals surface area contributed by atoms with Crippen molar-refractivity contribution >= 4 is 11.9 Å². The molecule has 0 aliphatic rings. The first kappa shape index (κ1) is 12.9. The monoisotopic (exact) mass is 203 g/mol. The van der Waals surface area contributed by atoms with Crippen LogP contribution in [0.5, 0.6) is 0 Å². The van der Waals surface area contributed by atoms with Crippen LogP contribution in [0.3, 0.4) is 0 Å². The van der Waals surface area contributed by atoms with Gasteiger partial charge in [0.05, 0.1) is 0 Å². The first-order valence-corrected chi connectivity index (χ1v) is 4.67. The van der Waals surface area contributed by atoms with Crippen molar-refractivity contribution in [3.63, 3.8) is 0 Å². The molecular formula is C9H17NO4. The lowest BCUT2D eigenvalue weighted by molar-refractivity contribution is -0.141. The number of amides is 1. The first-order chi connectivity index (χ1) is 6.57. The van der Waals surface area contributed by atoms with E-state index in [4.69, 9.17) is 9.84 Å². The van der Waals surface area contributed by atoms with Crippen LogP contribution in [0.15, 0.2) is 0 Å². The maximum atomic E-state index is 11.1. The second kappa shape index (κ2) is 7.32. The highest BCUT2D eigenvalue weighted by atomic mass is 16.5. The van der Waals surface area contributed by atoms with E-state index in [9.17, 15) is 9.59 Å².